The number of halogens is 1. The van der Waals surface area contributed by atoms with Crippen molar-refractivity contribution < 1.29 is 9.72 Å². The molecule has 0 aliphatic carbocycles. The first-order valence-electron chi connectivity index (χ1n) is 4.18. The molecule has 1 amide bonds. The molecule has 0 bridgehead atoms. The van der Waals surface area contributed by atoms with Gasteiger partial charge in [-0.1, -0.05) is 11.6 Å². The second-order valence-electron chi connectivity index (χ2n) is 2.85. The van der Waals surface area contributed by atoms with Crippen LogP contribution in [-0.2, 0) is 0 Å². The summed E-state index contributed by atoms with van der Waals surface area (Å²) < 4.78 is 0. The van der Waals surface area contributed by atoms with Crippen molar-refractivity contribution in [2.45, 2.75) is 0 Å². The molecule has 0 saturated carbocycles. The molecule has 1 aromatic rings. The van der Waals surface area contributed by atoms with Crippen LogP contribution in [0.25, 0.3) is 0 Å². The van der Waals surface area contributed by atoms with E-state index >= 15 is 0 Å². The number of hydrogen-bond donors (Lipinski definition) is 2. The van der Waals surface area contributed by atoms with Crippen molar-refractivity contribution >= 4 is 42.3 Å². The predicted octanol–water partition coefficient (Wildman–Crippen LogP) is 1.99. The number of amides is 1. The van der Waals surface area contributed by atoms with E-state index < -0.39 is 10.7 Å². The Balaban J connectivity index is 3.25. The van der Waals surface area contributed by atoms with Gasteiger partial charge in [0.15, 0.2) is 5.81 Å². The molecule has 82 valence electrons. The highest BCUT2D eigenvalue weighted by atomic mass is 35.5. The summed E-state index contributed by atoms with van der Waals surface area (Å²) in [5, 5.41) is 15.6. The first-order valence-corrected chi connectivity index (χ1v) is 4.55. The number of nitrogens with one attached hydrogen (secondary N) is 2. The van der Waals surface area contributed by atoms with Crippen LogP contribution in [0.3, 0.4) is 0 Å². The average Bonchev–Trinajstić information content (AvgIpc) is 2.19. The van der Waals surface area contributed by atoms with E-state index in [1.807, 2.05) is 0 Å². The van der Waals surface area contributed by atoms with E-state index in [0.29, 0.717) is 0 Å². The molecular weight excluding hydrogens is 232 g/mol. The summed E-state index contributed by atoms with van der Waals surface area (Å²) in [6, 6.07) is 2.48. The van der Waals surface area contributed by atoms with Gasteiger partial charge in [-0.2, -0.15) is 0 Å². The van der Waals surface area contributed by atoms with Gasteiger partial charge in [0.1, 0.15) is 5.69 Å². The maximum Gasteiger partial charge on any atom is 0.293 e. The average molecular weight is 239 g/mol. The highest BCUT2D eigenvalue weighted by Gasteiger charge is 2.16. The molecule has 0 aromatic heterocycles. The molecule has 0 aliphatic rings. The third kappa shape index (κ3) is 2.63. The van der Waals surface area contributed by atoms with Gasteiger partial charge in [0.25, 0.3) is 5.69 Å². The SMILES string of the molecule is [B]C(=O)Nc1cc(NC)c([N+](=O)[O-])cc1Cl. The van der Waals surface area contributed by atoms with Crippen LogP contribution in [0.15, 0.2) is 12.1 Å². The Morgan fingerprint density at radius 1 is 1.50 bits per heavy atom. The second-order valence-corrected chi connectivity index (χ2v) is 3.25. The van der Waals surface area contributed by atoms with Gasteiger partial charge in [-0.15, -0.1) is 0 Å². The third-order valence-electron chi connectivity index (χ3n) is 1.81. The summed E-state index contributed by atoms with van der Waals surface area (Å²) in [6.07, 6.45) is 0. The Morgan fingerprint density at radius 3 is 2.56 bits per heavy atom. The highest BCUT2D eigenvalue weighted by Crippen LogP contribution is 2.33. The van der Waals surface area contributed by atoms with Gasteiger partial charge in [0, 0.05) is 13.1 Å². The van der Waals surface area contributed by atoms with Crippen LogP contribution in [0.5, 0.6) is 0 Å². The summed E-state index contributed by atoms with van der Waals surface area (Å²) >= 11 is 5.74. The number of carbonyl (C=O) groups is 1. The zero-order chi connectivity index (χ0) is 12.3. The van der Waals surface area contributed by atoms with Gasteiger partial charge in [0.2, 0.25) is 7.85 Å². The molecule has 8 heteroatoms. The second kappa shape index (κ2) is 4.85. The Morgan fingerprint density at radius 2 is 2.12 bits per heavy atom. The fourth-order valence-corrected chi connectivity index (χ4v) is 1.35. The molecule has 2 N–H and O–H groups in total. The molecule has 0 unspecified atom stereocenters. The van der Waals surface area contributed by atoms with Crippen molar-refractivity contribution in [3.05, 3.63) is 27.3 Å². The minimum absolute atomic E-state index is 0.0458. The normalized spacial score (nSPS) is 9.62. The van der Waals surface area contributed by atoms with Crippen molar-refractivity contribution in [1.29, 1.82) is 0 Å². The first kappa shape index (κ1) is 12.3. The largest absolute Gasteiger partial charge is 0.383 e. The van der Waals surface area contributed by atoms with Crippen LogP contribution >= 0.6 is 11.6 Å². The molecular formula is C8H7BClN3O3. The van der Waals surface area contributed by atoms with Crippen molar-refractivity contribution in [3.8, 4) is 0 Å². The summed E-state index contributed by atoms with van der Waals surface area (Å²) in [7, 11) is 6.44. The summed E-state index contributed by atoms with van der Waals surface area (Å²) in [6.45, 7) is 0. The van der Waals surface area contributed by atoms with E-state index in [9.17, 15) is 14.9 Å². The Labute approximate surface area is 97.5 Å². The minimum Gasteiger partial charge on any atom is -0.383 e. The number of carbonyl (C=O) groups excluding carboxylic acids is 1. The third-order valence-corrected chi connectivity index (χ3v) is 2.12. The number of anilines is 2. The molecule has 0 fully saturated rings. The molecule has 2 radical (unpaired) electrons. The van der Waals surface area contributed by atoms with E-state index in [4.69, 9.17) is 19.4 Å². The quantitative estimate of drug-likeness (QED) is 0.480. The van der Waals surface area contributed by atoms with Crippen LogP contribution < -0.4 is 10.6 Å². The zero-order valence-corrected chi connectivity index (χ0v) is 9.04. The number of benzene rings is 1. The van der Waals surface area contributed by atoms with Crippen molar-refractivity contribution in [3.63, 3.8) is 0 Å². The van der Waals surface area contributed by atoms with Crippen LogP contribution in [0, 0.1) is 10.1 Å². The van der Waals surface area contributed by atoms with Gasteiger partial charge in [-0.05, 0) is 6.07 Å². The van der Waals surface area contributed by atoms with Gasteiger partial charge < -0.3 is 10.6 Å². The standard InChI is InChI=1S/C8H7BClN3O3/c1-11-6-3-5(12-8(9)14)4(10)2-7(6)13(15)16/h2-3,11H,1H3,(H,12,14). The molecule has 0 saturated heterocycles. The molecule has 0 atom stereocenters. The van der Waals surface area contributed by atoms with E-state index in [1.165, 1.54) is 13.1 Å². The smallest absolute Gasteiger partial charge is 0.293 e. The van der Waals surface area contributed by atoms with Gasteiger partial charge in [-0.3, -0.25) is 14.9 Å². The number of nitrogens with zero attached hydrogens (tertiary/aromatic N) is 1. The number of nitro groups is 1. The van der Waals surface area contributed by atoms with Crippen LogP contribution in [0.4, 0.5) is 21.9 Å². The lowest BCUT2D eigenvalue weighted by atomic mass is 10.1. The number of hydrogen-bond acceptors (Lipinski definition) is 4. The molecule has 16 heavy (non-hydrogen) atoms. The molecule has 1 rings (SSSR count). The topological polar surface area (TPSA) is 84.3 Å². The lowest BCUT2D eigenvalue weighted by Gasteiger charge is -2.08. The monoisotopic (exact) mass is 239 g/mol. The van der Waals surface area contributed by atoms with Crippen LogP contribution in [0.1, 0.15) is 0 Å². The van der Waals surface area contributed by atoms with E-state index in [0.717, 1.165) is 6.07 Å². The van der Waals surface area contributed by atoms with E-state index in [-0.39, 0.29) is 22.1 Å². The highest BCUT2D eigenvalue weighted by molar-refractivity contribution is 6.60. The summed E-state index contributed by atoms with van der Waals surface area (Å²) in [5.74, 6) is -0.794. The molecule has 0 spiro atoms. The van der Waals surface area contributed by atoms with Gasteiger partial charge in [0.05, 0.1) is 15.6 Å². The van der Waals surface area contributed by atoms with Gasteiger partial charge in [-0.25, -0.2) is 0 Å². The lowest BCUT2D eigenvalue weighted by Crippen LogP contribution is -2.09. The number of rotatable bonds is 3. The fourth-order valence-electron chi connectivity index (χ4n) is 1.14. The maximum absolute atomic E-state index is 10.7. The molecule has 0 heterocycles. The molecule has 6 nitrogen and oxygen atoms in total. The fraction of sp³-hybridized carbons (Fsp3) is 0.125. The van der Waals surface area contributed by atoms with E-state index in [2.05, 4.69) is 10.6 Å². The van der Waals surface area contributed by atoms with Crippen molar-refractivity contribution in [2.24, 2.45) is 0 Å². The van der Waals surface area contributed by atoms with Crippen molar-refractivity contribution in [2.75, 3.05) is 17.7 Å². The summed E-state index contributed by atoms with van der Waals surface area (Å²) in [4.78, 5) is 20.7. The van der Waals surface area contributed by atoms with Gasteiger partial charge >= 0.3 is 0 Å². The molecule has 1 aromatic carbocycles. The first-order chi connectivity index (χ1) is 7.45. The lowest BCUT2D eigenvalue weighted by molar-refractivity contribution is -0.383. The zero-order valence-electron chi connectivity index (χ0n) is 8.28. The summed E-state index contributed by atoms with van der Waals surface area (Å²) in [5.41, 5.74) is 0.268. The van der Waals surface area contributed by atoms with Crippen molar-refractivity contribution in [1.82, 2.24) is 0 Å². The minimum atomic E-state index is -0.794. The maximum atomic E-state index is 10.7. The Hall–Kier alpha value is -1.76. The van der Waals surface area contributed by atoms with Crippen LogP contribution in [0.2, 0.25) is 5.02 Å². The number of nitro benzene ring substituents is 1. The van der Waals surface area contributed by atoms with E-state index in [1.54, 1.807) is 0 Å². The Bertz CT molecular complexity index is 452. The predicted molar refractivity (Wildman–Crippen MR) is 62.4 cm³/mol. The Kier molecular flexibility index (Phi) is 3.73. The molecule has 0 aliphatic heterocycles. The van der Waals surface area contributed by atoms with Crippen LogP contribution in [-0.4, -0.2) is 25.6 Å².